The maximum atomic E-state index is 5.94. The van der Waals surface area contributed by atoms with Crippen LogP contribution >= 0.6 is 11.6 Å². The molecule has 3 aromatic rings. The molecule has 0 heterocycles. The van der Waals surface area contributed by atoms with Crippen molar-refractivity contribution in [1.29, 1.82) is 0 Å². The minimum Gasteiger partial charge on any atom is -0.490 e. The molecule has 3 aromatic carbocycles. The summed E-state index contributed by atoms with van der Waals surface area (Å²) in [6, 6.07) is 19.5. The van der Waals surface area contributed by atoms with E-state index in [9.17, 15) is 0 Å². The summed E-state index contributed by atoms with van der Waals surface area (Å²) >= 11 is 5.93. The molecule has 0 aliphatic heterocycles. The highest BCUT2D eigenvalue weighted by Crippen LogP contribution is 2.29. The van der Waals surface area contributed by atoms with Gasteiger partial charge < -0.3 is 9.47 Å². The molecule has 0 saturated heterocycles. The van der Waals surface area contributed by atoms with Crippen LogP contribution in [0.2, 0.25) is 5.02 Å². The first-order valence-corrected chi connectivity index (χ1v) is 9.93. The SMILES string of the molecule is CCOc1cc(C=NNc2ccc(C)c(C)c2)ccc1OCc1ccc(Cl)cc1. The van der Waals surface area contributed by atoms with Crippen LogP contribution in [0.15, 0.2) is 65.8 Å². The molecule has 5 heteroatoms. The van der Waals surface area contributed by atoms with Gasteiger partial charge in [-0.05, 0) is 85.5 Å². The molecule has 0 amide bonds. The monoisotopic (exact) mass is 408 g/mol. The number of benzene rings is 3. The van der Waals surface area contributed by atoms with Crippen molar-refractivity contribution in [2.45, 2.75) is 27.4 Å². The fourth-order valence-electron chi connectivity index (χ4n) is 2.73. The highest BCUT2D eigenvalue weighted by atomic mass is 35.5. The molecule has 0 atom stereocenters. The van der Waals surface area contributed by atoms with E-state index in [-0.39, 0.29) is 0 Å². The standard InChI is InChI=1S/C24H25ClN2O2/c1-4-28-24-14-20(15-26-27-22-11-5-17(2)18(3)13-22)8-12-23(24)29-16-19-6-9-21(25)10-7-19/h5-15,27H,4,16H2,1-3H3. The number of hydrazone groups is 1. The average Bonchev–Trinajstić information content (AvgIpc) is 2.71. The zero-order chi connectivity index (χ0) is 20.6. The maximum Gasteiger partial charge on any atom is 0.161 e. The van der Waals surface area contributed by atoms with E-state index in [1.165, 1.54) is 11.1 Å². The molecule has 0 bridgehead atoms. The Kier molecular flexibility index (Phi) is 7.14. The van der Waals surface area contributed by atoms with E-state index in [1.807, 2.05) is 55.5 Å². The highest BCUT2D eigenvalue weighted by molar-refractivity contribution is 6.30. The molecule has 0 aromatic heterocycles. The van der Waals surface area contributed by atoms with Crippen LogP contribution in [0.3, 0.4) is 0 Å². The fraction of sp³-hybridized carbons (Fsp3) is 0.208. The Balaban J connectivity index is 1.67. The number of nitrogens with zero attached hydrogens (tertiary/aromatic N) is 1. The number of anilines is 1. The molecular formula is C24H25ClN2O2. The number of aryl methyl sites for hydroxylation is 2. The molecule has 0 radical (unpaired) electrons. The van der Waals surface area contributed by atoms with Gasteiger partial charge in [0.1, 0.15) is 6.61 Å². The topological polar surface area (TPSA) is 42.8 Å². The van der Waals surface area contributed by atoms with Crippen LogP contribution in [0.4, 0.5) is 5.69 Å². The maximum absolute atomic E-state index is 5.94. The van der Waals surface area contributed by atoms with Crippen molar-refractivity contribution in [3.63, 3.8) is 0 Å². The molecule has 3 rings (SSSR count). The molecule has 0 fully saturated rings. The van der Waals surface area contributed by atoms with Crippen LogP contribution in [0.1, 0.15) is 29.2 Å². The third-order valence-electron chi connectivity index (χ3n) is 4.49. The lowest BCUT2D eigenvalue weighted by molar-refractivity contribution is 0.269. The van der Waals surface area contributed by atoms with Crippen molar-refractivity contribution >= 4 is 23.5 Å². The van der Waals surface area contributed by atoms with Gasteiger partial charge in [-0.25, -0.2) is 0 Å². The van der Waals surface area contributed by atoms with Crippen molar-refractivity contribution in [2.24, 2.45) is 5.10 Å². The number of ether oxygens (including phenoxy) is 2. The first kappa shape index (κ1) is 20.7. The Morgan fingerprint density at radius 2 is 1.69 bits per heavy atom. The molecule has 1 N–H and O–H groups in total. The Morgan fingerprint density at radius 1 is 0.897 bits per heavy atom. The smallest absolute Gasteiger partial charge is 0.161 e. The summed E-state index contributed by atoms with van der Waals surface area (Å²) in [6.45, 7) is 7.12. The van der Waals surface area contributed by atoms with Gasteiger partial charge in [-0.1, -0.05) is 29.8 Å². The summed E-state index contributed by atoms with van der Waals surface area (Å²) in [7, 11) is 0. The lowest BCUT2D eigenvalue weighted by atomic mass is 10.1. The average molecular weight is 409 g/mol. The predicted octanol–water partition coefficient (Wildman–Crippen LogP) is 6.38. The summed E-state index contributed by atoms with van der Waals surface area (Å²) in [5.74, 6) is 1.39. The second kappa shape index (κ2) is 9.99. The lowest BCUT2D eigenvalue weighted by Gasteiger charge is -2.12. The van der Waals surface area contributed by atoms with Crippen LogP contribution < -0.4 is 14.9 Å². The molecule has 0 aliphatic carbocycles. The number of hydrogen-bond donors (Lipinski definition) is 1. The first-order chi connectivity index (χ1) is 14.0. The number of nitrogens with one attached hydrogen (secondary N) is 1. The van der Waals surface area contributed by atoms with Crippen molar-refractivity contribution in [3.05, 3.63) is 87.9 Å². The van der Waals surface area contributed by atoms with E-state index in [4.69, 9.17) is 21.1 Å². The summed E-state index contributed by atoms with van der Waals surface area (Å²) in [6.07, 6.45) is 1.76. The van der Waals surface area contributed by atoms with E-state index in [0.29, 0.717) is 29.7 Å². The van der Waals surface area contributed by atoms with Crippen LogP contribution in [0.5, 0.6) is 11.5 Å². The lowest BCUT2D eigenvalue weighted by Crippen LogP contribution is -2.00. The quantitative estimate of drug-likeness (QED) is 0.347. The largest absolute Gasteiger partial charge is 0.490 e. The van der Waals surface area contributed by atoms with Gasteiger partial charge in [-0.15, -0.1) is 0 Å². The van der Waals surface area contributed by atoms with Gasteiger partial charge in [0.2, 0.25) is 0 Å². The zero-order valence-corrected chi connectivity index (χ0v) is 17.7. The predicted molar refractivity (Wildman–Crippen MR) is 121 cm³/mol. The normalized spacial score (nSPS) is 10.9. The minimum atomic E-state index is 0.443. The number of hydrogen-bond acceptors (Lipinski definition) is 4. The van der Waals surface area contributed by atoms with Crippen LogP contribution in [0, 0.1) is 13.8 Å². The van der Waals surface area contributed by atoms with Gasteiger partial charge in [0, 0.05) is 5.02 Å². The minimum absolute atomic E-state index is 0.443. The third-order valence-corrected chi connectivity index (χ3v) is 4.74. The van der Waals surface area contributed by atoms with Gasteiger partial charge in [-0.2, -0.15) is 5.10 Å². The molecular weight excluding hydrogens is 384 g/mol. The Hall–Kier alpha value is -2.98. The van der Waals surface area contributed by atoms with Crippen molar-refractivity contribution in [2.75, 3.05) is 12.0 Å². The number of halogens is 1. The first-order valence-electron chi connectivity index (χ1n) is 9.55. The Bertz CT molecular complexity index is 985. The van der Waals surface area contributed by atoms with Crippen LogP contribution in [0.25, 0.3) is 0 Å². The molecule has 0 aliphatic rings. The Labute approximate surface area is 177 Å². The van der Waals surface area contributed by atoms with E-state index in [1.54, 1.807) is 6.21 Å². The second-order valence-electron chi connectivity index (χ2n) is 6.72. The van der Waals surface area contributed by atoms with Crippen molar-refractivity contribution in [1.82, 2.24) is 0 Å². The van der Waals surface area contributed by atoms with Gasteiger partial charge in [-0.3, -0.25) is 5.43 Å². The summed E-state index contributed by atoms with van der Waals surface area (Å²) in [4.78, 5) is 0. The molecule has 0 unspecified atom stereocenters. The van der Waals surface area contributed by atoms with Gasteiger partial charge in [0.05, 0.1) is 18.5 Å². The van der Waals surface area contributed by atoms with Crippen molar-refractivity contribution < 1.29 is 9.47 Å². The molecule has 29 heavy (non-hydrogen) atoms. The summed E-state index contributed by atoms with van der Waals surface area (Å²) in [5.41, 5.74) is 8.47. The fourth-order valence-corrected chi connectivity index (χ4v) is 2.85. The zero-order valence-electron chi connectivity index (χ0n) is 16.9. The Morgan fingerprint density at radius 3 is 2.41 bits per heavy atom. The van der Waals surface area contributed by atoms with Gasteiger partial charge >= 0.3 is 0 Å². The van der Waals surface area contributed by atoms with E-state index >= 15 is 0 Å². The van der Waals surface area contributed by atoms with E-state index in [0.717, 1.165) is 16.8 Å². The number of rotatable bonds is 8. The summed E-state index contributed by atoms with van der Waals surface area (Å²) in [5, 5.41) is 5.04. The molecule has 0 spiro atoms. The van der Waals surface area contributed by atoms with Gasteiger partial charge in [0.25, 0.3) is 0 Å². The highest BCUT2D eigenvalue weighted by Gasteiger charge is 2.07. The molecule has 0 saturated carbocycles. The summed E-state index contributed by atoms with van der Waals surface area (Å²) < 4.78 is 11.7. The van der Waals surface area contributed by atoms with Crippen LogP contribution in [-0.4, -0.2) is 12.8 Å². The molecule has 4 nitrogen and oxygen atoms in total. The van der Waals surface area contributed by atoms with Crippen molar-refractivity contribution in [3.8, 4) is 11.5 Å². The van der Waals surface area contributed by atoms with E-state index < -0.39 is 0 Å². The van der Waals surface area contributed by atoms with Gasteiger partial charge in [0.15, 0.2) is 11.5 Å². The van der Waals surface area contributed by atoms with Crippen LogP contribution in [-0.2, 0) is 6.61 Å². The second-order valence-corrected chi connectivity index (χ2v) is 7.16. The third kappa shape index (κ3) is 6.00. The van der Waals surface area contributed by atoms with E-state index in [2.05, 4.69) is 36.5 Å². The molecule has 150 valence electrons.